The number of benzene rings is 1. The van der Waals surface area contributed by atoms with Crippen LogP contribution in [0.4, 0.5) is 4.39 Å². The number of hydrogen-bond acceptors (Lipinski definition) is 3. The number of para-hydroxylation sites is 1. The Morgan fingerprint density at radius 2 is 2.08 bits per heavy atom. The van der Waals surface area contributed by atoms with Gasteiger partial charge in [0.2, 0.25) is 0 Å². The van der Waals surface area contributed by atoms with Crippen molar-refractivity contribution in [2.75, 3.05) is 7.11 Å². The van der Waals surface area contributed by atoms with Gasteiger partial charge in [-0.15, -0.1) is 0 Å². The minimum atomic E-state index is -3.96. The van der Waals surface area contributed by atoms with E-state index in [2.05, 4.69) is 4.74 Å². The van der Waals surface area contributed by atoms with E-state index < -0.39 is 14.9 Å². The number of hydrogen-bond donors (Lipinski definition) is 0. The highest BCUT2D eigenvalue weighted by Crippen LogP contribution is 2.28. The molecule has 1 aromatic carbocycles. The molecule has 72 valence electrons. The molecule has 0 aliphatic rings. The van der Waals surface area contributed by atoms with Crippen LogP contribution in [0.25, 0.3) is 0 Å². The average Bonchev–Trinajstić information content (AvgIpc) is 2.02. The number of halogens is 2. The largest absolute Gasteiger partial charge is 0.492 e. The summed E-state index contributed by atoms with van der Waals surface area (Å²) in [5.74, 6) is -1.12. The van der Waals surface area contributed by atoms with Crippen LogP contribution in [0.3, 0.4) is 0 Å². The normalized spacial score (nSPS) is 11.3. The number of rotatable bonds is 2. The molecule has 0 aliphatic heterocycles. The summed E-state index contributed by atoms with van der Waals surface area (Å²) in [7, 11) is 2.25. The van der Waals surface area contributed by atoms with Crippen LogP contribution in [0.2, 0.25) is 0 Å². The van der Waals surface area contributed by atoms with Crippen molar-refractivity contribution in [2.45, 2.75) is 4.90 Å². The molecule has 0 aliphatic carbocycles. The molecule has 0 unspecified atom stereocenters. The van der Waals surface area contributed by atoms with Crippen LogP contribution >= 0.6 is 10.7 Å². The van der Waals surface area contributed by atoms with Gasteiger partial charge in [0.05, 0.1) is 7.11 Å². The first-order valence-corrected chi connectivity index (χ1v) is 5.55. The summed E-state index contributed by atoms with van der Waals surface area (Å²) in [6.07, 6.45) is 0. The van der Waals surface area contributed by atoms with Gasteiger partial charge in [0.15, 0.2) is 11.6 Å². The average molecular weight is 225 g/mol. The molecule has 0 N–H and O–H groups in total. The van der Waals surface area contributed by atoms with Gasteiger partial charge in [-0.2, -0.15) is 0 Å². The predicted octanol–water partition coefficient (Wildman–Crippen LogP) is 1.76. The standard InChI is InChI=1S/C7H6ClFO3S/c1-12-7-5(9)3-2-4-6(7)13(8,10)11/h2-4H,1H3. The fourth-order valence-corrected chi connectivity index (χ4v) is 1.89. The maximum atomic E-state index is 12.9. The third-order valence-electron chi connectivity index (χ3n) is 1.40. The maximum absolute atomic E-state index is 12.9. The van der Waals surface area contributed by atoms with E-state index in [1.165, 1.54) is 19.2 Å². The number of methoxy groups -OCH3 is 1. The fraction of sp³-hybridized carbons (Fsp3) is 0.143. The monoisotopic (exact) mass is 224 g/mol. The molecule has 1 aromatic rings. The molecular weight excluding hydrogens is 219 g/mol. The van der Waals surface area contributed by atoms with Crippen molar-refractivity contribution < 1.29 is 17.5 Å². The van der Waals surface area contributed by atoms with Crippen LogP contribution in [-0.2, 0) is 9.05 Å². The second-order valence-corrected chi connectivity index (χ2v) is 4.74. The second-order valence-electron chi connectivity index (χ2n) is 2.21. The van der Waals surface area contributed by atoms with Crippen molar-refractivity contribution in [3.05, 3.63) is 24.0 Å². The fourth-order valence-electron chi connectivity index (χ4n) is 0.879. The molecule has 0 saturated heterocycles. The zero-order chi connectivity index (χ0) is 10.1. The van der Waals surface area contributed by atoms with Gasteiger partial charge in [-0.05, 0) is 12.1 Å². The van der Waals surface area contributed by atoms with E-state index in [1.807, 2.05) is 0 Å². The van der Waals surface area contributed by atoms with Gasteiger partial charge in [0, 0.05) is 10.7 Å². The van der Waals surface area contributed by atoms with E-state index in [0.29, 0.717) is 0 Å². The summed E-state index contributed by atoms with van der Waals surface area (Å²) < 4.78 is 39.3. The van der Waals surface area contributed by atoms with Crippen LogP contribution in [-0.4, -0.2) is 15.5 Å². The highest BCUT2D eigenvalue weighted by atomic mass is 35.7. The smallest absolute Gasteiger partial charge is 0.265 e. The van der Waals surface area contributed by atoms with Crippen molar-refractivity contribution >= 4 is 19.7 Å². The molecule has 0 amide bonds. The van der Waals surface area contributed by atoms with Gasteiger partial charge < -0.3 is 4.74 Å². The zero-order valence-corrected chi connectivity index (χ0v) is 8.19. The lowest BCUT2D eigenvalue weighted by atomic mass is 10.3. The Bertz CT molecular complexity index is 416. The van der Waals surface area contributed by atoms with E-state index in [4.69, 9.17) is 10.7 Å². The predicted molar refractivity (Wildman–Crippen MR) is 46.0 cm³/mol. The molecule has 0 aromatic heterocycles. The quantitative estimate of drug-likeness (QED) is 0.719. The summed E-state index contributed by atoms with van der Waals surface area (Å²) >= 11 is 0. The lowest BCUT2D eigenvalue weighted by Crippen LogP contribution is -1.98. The molecule has 0 atom stereocenters. The molecule has 0 spiro atoms. The van der Waals surface area contributed by atoms with E-state index in [-0.39, 0.29) is 10.6 Å². The Hall–Kier alpha value is -0.810. The van der Waals surface area contributed by atoms with Crippen molar-refractivity contribution in [3.63, 3.8) is 0 Å². The van der Waals surface area contributed by atoms with Gasteiger partial charge in [0.1, 0.15) is 4.90 Å². The molecule has 0 saturated carbocycles. The summed E-state index contributed by atoms with van der Waals surface area (Å²) in [5, 5.41) is 0. The van der Waals surface area contributed by atoms with Crippen LogP contribution in [0.5, 0.6) is 5.75 Å². The van der Waals surface area contributed by atoms with Crippen LogP contribution < -0.4 is 4.74 Å². The third kappa shape index (κ3) is 2.10. The third-order valence-corrected chi connectivity index (χ3v) is 2.74. The van der Waals surface area contributed by atoms with Crippen LogP contribution in [0.15, 0.2) is 23.1 Å². The minimum Gasteiger partial charge on any atom is -0.492 e. The molecule has 6 heteroatoms. The topological polar surface area (TPSA) is 43.4 Å². The molecule has 3 nitrogen and oxygen atoms in total. The Balaban J connectivity index is 3.47. The maximum Gasteiger partial charge on any atom is 0.265 e. The molecule has 0 heterocycles. The van der Waals surface area contributed by atoms with Gasteiger partial charge >= 0.3 is 0 Å². The molecule has 0 fully saturated rings. The van der Waals surface area contributed by atoms with E-state index >= 15 is 0 Å². The van der Waals surface area contributed by atoms with Gasteiger partial charge in [-0.3, -0.25) is 0 Å². The highest BCUT2D eigenvalue weighted by molar-refractivity contribution is 8.13. The summed E-state index contributed by atoms with van der Waals surface area (Å²) in [6.45, 7) is 0. The number of ether oxygens (including phenoxy) is 1. The van der Waals surface area contributed by atoms with Crippen LogP contribution in [0.1, 0.15) is 0 Å². The Labute approximate surface area is 79.5 Å². The molecular formula is C7H6ClFO3S. The van der Waals surface area contributed by atoms with Crippen molar-refractivity contribution in [1.82, 2.24) is 0 Å². The van der Waals surface area contributed by atoms with E-state index in [0.717, 1.165) is 6.07 Å². The van der Waals surface area contributed by atoms with Gasteiger partial charge in [-0.25, -0.2) is 12.8 Å². The summed E-state index contributed by atoms with van der Waals surface area (Å²) in [5.41, 5.74) is 0. The first-order valence-electron chi connectivity index (χ1n) is 3.24. The first-order chi connectivity index (χ1) is 5.96. The Morgan fingerprint density at radius 3 is 2.46 bits per heavy atom. The van der Waals surface area contributed by atoms with Crippen molar-refractivity contribution in [1.29, 1.82) is 0 Å². The van der Waals surface area contributed by atoms with E-state index in [1.54, 1.807) is 0 Å². The Kier molecular flexibility index (Phi) is 2.77. The lowest BCUT2D eigenvalue weighted by molar-refractivity contribution is 0.374. The summed E-state index contributed by atoms with van der Waals surface area (Å²) in [4.78, 5) is -0.364. The summed E-state index contributed by atoms with van der Waals surface area (Å²) in [6, 6.07) is 3.50. The molecule has 13 heavy (non-hydrogen) atoms. The lowest BCUT2D eigenvalue weighted by Gasteiger charge is -2.05. The molecule has 1 rings (SSSR count). The second kappa shape index (κ2) is 3.51. The highest BCUT2D eigenvalue weighted by Gasteiger charge is 2.19. The van der Waals surface area contributed by atoms with Gasteiger partial charge in [-0.1, -0.05) is 6.07 Å². The Morgan fingerprint density at radius 1 is 1.46 bits per heavy atom. The SMILES string of the molecule is COc1c(F)cccc1S(=O)(=O)Cl. The molecule has 0 bridgehead atoms. The van der Waals surface area contributed by atoms with Crippen LogP contribution in [0, 0.1) is 5.82 Å². The minimum absolute atomic E-state index is 0.363. The zero-order valence-electron chi connectivity index (χ0n) is 6.62. The van der Waals surface area contributed by atoms with Crippen molar-refractivity contribution in [3.8, 4) is 5.75 Å². The molecule has 0 radical (unpaired) electrons. The first kappa shape index (κ1) is 10.3. The van der Waals surface area contributed by atoms with Crippen molar-refractivity contribution in [2.24, 2.45) is 0 Å². The van der Waals surface area contributed by atoms with Gasteiger partial charge in [0.25, 0.3) is 9.05 Å². The van der Waals surface area contributed by atoms with E-state index in [9.17, 15) is 12.8 Å².